The lowest BCUT2D eigenvalue weighted by Crippen LogP contribution is -2.56. The largest absolute Gasteiger partial charge is 0.384 e. The first-order valence-electron chi connectivity index (χ1n) is 8.25. The lowest BCUT2D eigenvalue weighted by Gasteiger charge is -2.42. The topological polar surface area (TPSA) is 70.6 Å². The van der Waals surface area contributed by atoms with Crippen molar-refractivity contribution in [1.29, 1.82) is 0 Å². The van der Waals surface area contributed by atoms with Crippen LogP contribution in [0.2, 0.25) is 0 Å². The number of nitrogens with one attached hydrogen (secondary N) is 1. The van der Waals surface area contributed by atoms with Crippen LogP contribution >= 0.6 is 0 Å². The summed E-state index contributed by atoms with van der Waals surface area (Å²) >= 11 is 0. The molecule has 3 heterocycles. The van der Waals surface area contributed by atoms with Gasteiger partial charge in [-0.1, -0.05) is 0 Å². The number of aromatic nitrogens is 2. The molecule has 1 N–H and O–H groups in total. The summed E-state index contributed by atoms with van der Waals surface area (Å²) in [6.07, 6.45) is 6.86. The van der Waals surface area contributed by atoms with Crippen LogP contribution in [0.3, 0.4) is 0 Å². The maximum absolute atomic E-state index is 13.1. The van der Waals surface area contributed by atoms with Gasteiger partial charge < -0.3 is 19.9 Å². The third-order valence-electron chi connectivity index (χ3n) is 4.88. The van der Waals surface area contributed by atoms with E-state index in [9.17, 15) is 4.79 Å². The Balaban J connectivity index is 1.63. The fourth-order valence-corrected chi connectivity index (χ4v) is 3.53. The second-order valence-electron chi connectivity index (χ2n) is 6.31. The summed E-state index contributed by atoms with van der Waals surface area (Å²) in [5.41, 5.74) is -0.352. The van der Waals surface area contributed by atoms with Crippen LogP contribution in [0.25, 0.3) is 0 Å². The van der Waals surface area contributed by atoms with Crippen LogP contribution in [-0.2, 0) is 9.53 Å². The molecule has 2 fully saturated rings. The molecule has 126 valence electrons. The first kappa shape index (κ1) is 16.1. The van der Waals surface area contributed by atoms with E-state index in [0.29, 0.717) is 6.61 Å². The minimum absolute atomic E-state index is 0.250. The Bertz CT molecular complexity index is 505. The van der Waals surface area contributed by atoms with Gasteiger partial charge in [0, 0.05) is 45.7 Å². The number of amides is 1. The number of methoxy groups -OCH3 is 1. The Labute approximate surface area is 137 Å². The molecule has 0 spiro atoms. The van der Waals surface area contributed by atoms with Crippen LogP contribution < -0.4 is 10.2 Å². The first-order valence-corrected chi connectivity index (χ1v) is 8.25. The molecule has 0 unspecified atom stereocenters. The number of ether oxygens (including phenoxy) is 1. The van der Waals surface area contributed by atoms with Crippen molar-refractivity contribution >= 4 is 11.7 Å². The Kier molecular flexibility index (Phi) is 5.07. The van der Waals surface area contributed by atoms with E-state index in [2.05, 4.69) is 20.2 Å². The highest BCUT2D eigenvalue weighted by molar-refractivity contribution is 5.83. The Morgan fingerprint density at radius 1 is 1.26 bits per heavy atom. The fourth-order valence-electron chi connectivity index (χ4n) is 3.53. The van der Waals surface area contributed by atoms with Crippen molar-refractivity contribution in [3.05, 3.63) is 18.6 Å². The fraction of sp³-hybridized carbons (Fsp3) is 0.688. The Morgan fingerprint density at radius 3 is 2.61 bits per heavy atom. The van der Waals surface area contributed by atoms with Crippen molar-refractivity contribution in [3.63, 3.8) is 0 Å². The van der Waals surface area contributed by atoms with Crippen molar-refractivity contribution in [3.8, 4) is 0 Å². The molecule has 3 rings (SSSR count). The summed E-state index contributed by atoms with van der Waals surface area (Å²) in [4.78, 5) is 25.7. The van der Waals surface area contributed by atoms with Crippen molar-refractivity contribution < 1.29 is 9.53 Å². The van der Waals surface area contributed by atoms with Crippen molar-refractivity contribution in [1.82, 2.24) is 20.2 Å². The zero-order valence-corrected chi connectivity index (χ0v) is 13.7. The molecule has 0 atom stereocenters. The highest BCUT2D eigenvalue weighted by Gasteiger charge is 2.42. The SMILES string of the molecule is COCC1(C(=O)N2CCN(c3cnccn3)CC2)CCNCC1. The third-order valence-corrected chi connectivity index (χ3v) is 4.88. The van der Waals surface area contributed by atoms with Gasteiger partial charge in [-0.05, 0) is 25.9 Å². The molecular formula is C16H25N5O2. The molecule has 1 aromatic heterocycles. The first-order chi connectivity index (χ1) is 11.2. The average Bonchev–Trinajstić information content (AvgIpc) is 2.63. The number of hydrogen-bond acceptors (Lipinski definition) is 6. The summed E-state index contributed by atoms with van der Waals surface area (Å²) in [6.45, 7) is 5.33. The number of anilines is 1. The average molecular weight is 319 g/mol. The van der Waals surface area contributed by atoms with Gasteiger partial charge in [-0.15, -0.1) is 0 Å². The highest BCUT2D eigenvalue weighted by atomic mass is 16.5. The minimum Gasteiger partial charge on any atom is -0.384 e. The van der Waals surface area contributed by atoms with Gasteiger partial charge in [0.25, 0.3) is 0 Å². The van der Waals surface area contributed by atoms with Gasteiger partial charge in [-0.2, -0.15) is 0 Å². The number of piperazine rings is 1. The molecule has 0 saturated carbocycles. The smallest absolute Gasteiger partial charge is 0.231 e. The number of carbonyl (C=O) groups excluding carboxylic acids is 1. The molecule has 1 aromatic rings. The van der Waals surface area contributed by atoms with Gasteiger partial charge in [0.15, 0.2) is 0 Å². The monoisotopic (exact) mass is 319 g/mol. The van der Waals surface area contributed by atoms with Crippen molar-refractivity contribution in [2.45, 2.75) is 12.8 Å². The van der Waals surface area contributed by atoms with Crippen LogP contribution in [0.1, 0.15) is 12.8 Å². The quantitative estimate of drug-likeness (QED) is 0.851. The maximum atomic E-state index is 13.1. The van der Waals surface area contributed by atoms with Crippen LogP contribution in [-0.4, -0.2) is 73.8 Å². The highest BCUT2D eigenvalue weighted by Crippen LogP contribution is 2.32. The van der Waals surface area contributed by atoms with E-state index in [-0.39, 0.29) is 11.3 Å². The molecule has 2 aliphatic rings. The van der Waals surface area contributed by atoms with Crippen molar-refractivity contribution in [2.24, 2.45) is 5.41 Å². The standard InChI is InChI=1S/C16H25N5O2/c1-23-13-16(2-4-17-5-3-16)15(22)21-10-8-20(9-11-21)14-12-18-6-7-19-14/h6-7,12,17H,2-5,8-11,13H2,1H3. The van der Waals surface area contributed by atoms with E-state index in [4.69, 9.17) is 4.74 Å². The molecular weight excluding hydrogens is 294 g/mol. The van der Waals surface area contributed by atoms with E-state index in [1.807, 2.05) is 4.90 Å². The predicted molar refractivity (Wildman–Crippen MR) is 87.2 cm³/mol. The van der Waals surface area contributed by atoms with Gasteiger partial charge in [0.2, 0.25) is 5.91 Å². The summed E-state index contributed by atoms with van der Waals surface area (Å²) in [6, 6.07) is 0. The van der Waals surface area contributed by atoms with Gasteiger partial charge in [0.05, 0.1) is 18.2 Å². The molecule has 7 heteroatoms. The van der Waals surface area contributed by atoms with Gasteiger partial charge >= 0.3 is 0 Å². The van der Waals surface area contributed by atoms with Gasteiger partial charge in [-0.3, -0.25) is 9.78 Å². The van der Waals surface area contributed by atoms with Crippen LogP contribution in [0, 0.1) is 5.41 Å². The zero-order valence-electron chi connectivity index (χ0n) is 13.7. The molecule has 0 radical (unpaired) electrons. The summed E-state index contributed by atoms with van der Waals surface area (Å²) in [7, 11) is 1.68. The van der Waals surface area contributed by atoms with E-state index < -0.39 is 0 Å². The second kappa shape index (κ2) is 7.23. The second-order valence-corrected chi connectivity index (χ2v) is 6.31. The Morgan fingerprint density at radius 2 is 2.00 bits per heavy atom. The molecule has 2 saturated heterocycles. The van der Waals surface area contributed by atoms with Crippen LogP contribution in [0.5, 0.6) is 0 Å². The predicted octanol–water partition coefficient (Wildman–Crippen LogP) is 0.141. The van der Waals surface area contributed by atoms with E-state index in [1.165, 1.54) is 0 Å². The number of nitrogens with zero attached hydrogens (tertiary/aromatic N) is 4. The molecule has 0 bridgehead atoms. The molecule has 2 aliphatic heterocycles. The van der Waals surface area contributed by atoms with Crippen molar-refractivity contribution in [2.75, 3.05) is 57.9 Å². The number of carbonyl (C=O) groups is 1. The summed E-state index contributed by atoms with van der Waals surface area (Å²) < 4.78 is 5.38. The molecule has 7 nitrogen and oxygen atoms in total. The zero-order chi connectivity index (χ0) is 16.1. The Hall–Kier alpha value is -1.73. The third kappa shape index (κ3) is 3.45. The normalized spacial score (nSPS) is 21.3. The number of rotatable bonds is 4. The minimum atomic E-state index is -0.352. The van der Waals surface area contributed by atoms with Gasteiger partial charge in [0.1, 0.15) is 5.82 Å². The summed E-state index contributed by atoms with van der Waals surface area (Å²) in [5.74, 6) is 1.13. The lowest BCUT2D eigenvalue weighted by molar-refractivity contribution is -0.147. The number of piperidine rings is 1. The van der Waals surface area contributed by atoms with Crippen LogP contribution in [0.4, 0.5) is 5.82 Å². The van der Waals surface area contributed by atoms with E-state index in [0.717, 1.165) is 57.9 Å². The molecule has 0 aliphatic carbocycles. The van der Waals surface area contributed by atoms with E-state index in [1.54, 1.807) is 25.7 Å². The van der Waals surface area contributed by atoms with Gasteiger partial charge in [-0.25, -0.2) is 4.98 Å². The lowest BCUT2D eigenvalue weighted by atomic mass is 9.78. The van der Waals surface area contributed by atoms with E-state index >= 15 is 0 Å². The maximum Gasteiger partial charge on any atom is 0.231 e. The van der Waals surface area contributed by atoms with Crippen LogP contribution in [0.15, 0.2) is 18.6 Å². The molecule has 0 aromatic carbocycles. The molecule has 23 heavy (non-hydrogen) atoms. The summed E-state index contributed by atoms with van der Waals surface area (Å²) in [5, 5.41) is 3.33. The molecule has 1 amide bonds. The number of hydrogen-bond donors (Lipinski definition) is 1.